The molecule has 0 aliphatic carbocycles. The van der Waals surface area contributed by atoms with Crippen molar-refractivity contribution >= 4 is 11.0 Å². The zero-order valence-electron chi connectivity index (χ0n) is 15.9. The van der Waals surface area contributed by atoms with Crippen LogP contribution in [0.15, 0.2) is 63.3 Å². The SMILES string of the molecule is COc1ccc(Oc2c(C)oc3cc(OCC=C(C)C)ccc3c2=O)cc1. The third kappa shape index (κ3) is 4.31. The van der Waals surface area contributed by atoms with Crippen LogP contribution in [-0.4, -0.2) is 13.7 Å². The molecule has 0 bridgehead atoms. The normalized spacial score (nSPS) is 10.5. The Morgan fingerprint density at radius 3 is 2.37 bits per heavy atom. The molecule has 140 valence electrons. The van der Waals surface area contributed by atoms with Crippen LogP contribution in [0.5, 0.6) is 23.0 Å². The number of hydrogen-bond donors (Lipinski definition) is 0. The number of benzene rings is 2. The van der Waals surface area contributed by atoms with Crippen molar-refractivity contribution in [2.75, 3.05) is 13.7 Å². The predicted molar refractivity (Wildman–Crippen MR) is 105 cm³/mol. The molecule has 0 unspecified atom stereocenters. The molecule has 0 amide bonds. The Bertz CT molecular complexity index is 1020. The molecule has 2 aromatic carbocycles. The van der Waals surface area contributed by atoms with E-state index < -0.39 is 0 Å². The third-order valence-electron chi connectivity index (χ3n) is 4.01. The standard InChI is InChI=1S/C22H22O5/c1-14(2)11-12-25-18-9-10-19-20(13-18)26-15(3)22(21(19)23)27-17-7-5-16(24-4)6-8-17/h5-11,13H,12H2,1-4H3. The number of hydrogen-bond acceptors (Lipinski definition) is 5. The lowest BCUT2D eigenvalue weighted by atomic mass is 10.2. The van der Waals surface area contributed by atoms with Crippen LogP contribution in [0.4, 0.5) is 0 Å². The van der Waals surface area contributed by atoms with Crippen molar-refractivity contribution in [3.63, 3.8) is 0 Å². The highest BCUT2D eigenvalue weighted by molar-refractivity contribution is 5.79. The lowest BCUT2D eigenvalue weighted by molar-refractivity contribution is 0.361. The van der Waals surface area contributed by atoms with Gasteiger partial charge in [0.05, 0.1) is 12.5 Å². The van der Waals surface area contributed by atoms with Crippen molar-refractivity contribution in [2.45, 2.75) is 20.8 Å². The summed E-state index contributed by atoms with van der Waals surface area (Å²) in [6, 6.07) is 12.2. The number of allylic oxidation sites excluding steroid dienone is 1. The summed E-state index contributed by atoms with van der Waals surface area (Å²) in [5.41, 5.74) is 1.42. The Kier molecular flexibility index (Phi) is 5.50. The number of fused-ring (bicyclic) bond motifs is 1. The Labute approximate surface area is 157 Å². The minimum absolute atomic E-state index is 0.172. The maximum atomic E-state index is 12.8. The van der Waals surface area contributed by atoms with Gasteiger partial charge in [0.1, 0.15) is 35.2 Å². The Morgan fingerprint density at radius 1 is 1.04 bits per heavy atom. The van der Waals surface area contributed by atoms with Gasteiger partial charge < -0.3 is 18.6 Å². The molecule has 1 aromatic heterocycles. The Hall–Kier alpha value is -3.21. The molecule has 0 saturated carbocycles. The van der Waals surface area contributed by atoms with E-state index in [9.17, 15) is 4.79 Å². The second kappa shape index (κ2) is 7.99. The molecule has 0 aliphatic rings. The number of rotatable bonds is 6. The topological polar surface area (TPSA) is 57.9 Å². The molecule has 5 nitrogen and oxygen atoms in total. The Balaban J connectivity index is 1.91. The summed E-state index contributed by atoms with van der Waals surface area (Å²) in [7, 11) is 1.59. The van der Waals surface area contributed by atoms with E-state index >= 15 is 0 Å². The monoisotopic (exact) mass is 366 g/mol. The maximum Gasteiger partial charge on any atom is 0.235 e. The summed E-state index contributed by atoms with van der Waals surface area (Å²) in [5, 5.41) is 0.443. The zero-order chi connectivity index (χ0) is 19.4. The molecule has 27 heavy (non-hydrogen) atoms. The van der Waals surface area contributed by atoms with E-state index in [1.807, 2.05) is 19.9 Å². The molecule has 0 atom stereocenters. The van der Waals surface area contributed by atoms with Crippen molar-refractivity contribution in [3.05, 3.63) is 70.1 Å². The first kappa shape index (κ1) is 18.6. The van der Waals surface area contributed by atoms with Crippen LogP contribution < -0.4 is 19.6 Å². The van der Waals surface area contributed by atoms with Crippen LogP contribution in [0, 0.1) is 6.92 Å². The lowest BCUT2D eigenvalue weighted by Gasteiger charge is -2.10. The summed E-state index contributed by atoms with van der Waals surface area (Å²) in [6.07, 6.45) is 1.98. The van der Waals surface area contributed by atoms with Crippen LogP contribution in [0.25, 0.3) is 11.0 Å². The minimum atomic E-state index is -0.222. The highest BCUT2D eigenvalue weighted by Crippen LogP contribution is 2.28. The zero-order valence-corrected chi connectivity index (χ0v) is 15.9. The molecule has 0 fully saturated rings. The van der Waals surface area contributed by atoms with E-state index in [1.165, 1.54) is 5.57 Å². The van der Waals surface area contributed by atoms with Crippen molar-refractivity contribution in [1.29, 1.82) is 0 Å². The molecule has 3 aromatic rings. The van der Waals surface area contributed by atoms with Crippen molar-refractivity contribution < 1.29 is 18.6 Å². The molecule has 0 saturated heterocycles. The average molecular weight is 366 g/mol. The van der Waals surface area contributed by atoms with E-state index in [0.717, 1.165) is 0 Å². The van der Waals surface area contributed by atoms with Crippen LogP contribution in [-0.2, 0) is 0 Å². The van der Waals surface area contributed by atoms with Crippen molar-refractivity contribution in [2.24, 2.45) is 0 Å². The minimum Gasteiger partial charge on any atom is -0.497 e. The number of ether oxygens (including phenoxy) is 3. The molecule has 5 heteroatoms. The highest BCUT2D eigenvalue weighted by Gasteiger charge is 2.14. The second-order valence-electron chi connectivity index (χ2n) is 6.34. The van der Waals surface area contributed by atoms with Gasteiger partial charge in [-0.15, -0.1) is 0 Å². The van der Waals surface area contributed by atoms with E-state index in [2.05, 4.69) is 0 Å². The molecule has 1 heterocycles. The summed E-state index contributed by atoms with van der Waals surface area (Å²) in [4.78, 5) is 12.8. The van der Waals surface area contributed by atoms with Crippen molar-refractivity contribution in [3.8, 4) is 23.0 Å². The largest absolute Gasteiger partial charge is 0.497 e. The van der Waals surface area contributed by atoms with Gasteiger partial charge in [-0.3, -0.25) is 4.79 Å². The second-order valence-corrected chi connectivity index (χ2v) is 6.34. The fourth-order valence-corrected chi connectivity index (χ4v) is 2.54. The predicted octanol–water partition coefficient (Wildman–Crippen LogP) is 5.25. The van der Waals surface area contributed by atoms with E-state index in [0.29, 0.717) is 40.6 Å². The van der Waals surface area contributed by atoms with Crippen LogP contribution >= 0.6 is 0 Å². The van der Waals surface area contributed by atoms with Crippen LogP contribution in [0.2, 0.25) is 0 Å². The molecule has 0 aliphatic heterocycles. The third-order valence-corrected chi connectivity index (χ3v) is 4.01. The van der Waals surface area contributed by atoms with Gasteiger partial charge in [0.15, 0.2) is 0 Å². The van der Waals surface area contributed by atoms with Gasteiger partial charge in [0, 0.05) is 6.07 Å². The summed E-state index contributed by atoms with van der Waals surface area (Å²) in [6.45, 7) is 6.19. The smallest absolute Gasteiger partial charge is 0.235 e. The average Bonchev–Trinajstić information content (AvgIpc) is 2.65. The molecule has 0 N–H and O–H groups in total. The first-order valence-corrected chi connectivity index (χ1v) is 8.63. The van der Waals surface area contributed by atoms with Crippen LogP contribution in [0.1, 0.15) is 19.6 Å². The molecule has 3 rings (SSSR count). The fourth-order valence-electron chi connectivity index (χ4n) is 2.54. The van der Waals surface area contributed by atoms with E-state index in [-0.39, 0.29) is 11.2 Å². The maximum absolute atomic E-state index is 12.8. The quantitative estimate of drug-likeness (QED) is 0.558. The Morgan fingerprint density at radius 2 is 1.70 bits per heavy atom. The molecular formula is C22H22O5. The van der Waals surface area contributed by atoms with Gasteiger partial charge in [0.2, 0.25) is 11.2 Å². The number of methoxy groups -OCH3 is 1. The first-order chi connectivity index (χ1) is 13.0. The summed E-state index contributed by atoms with van der Waals surface area (Å²) >= 11 is 0. The van der Waals surface area contributed by atoms with E-state index in [1.54, 1.807) is 56.5 Å². The van der Waals surface area contributed by atoms with Gasteiger partial charge >= 0.3 is 0 Å². The van der Waals surface area contributed by atoms with Crippen molar-refractivity contribution in [1.82, 2.24) is 0 Å². The summed E-state index contributed by atoms with van der Waals surface area (Å²) in [5.74, 6) is 2.47. The number of aryl methyl sites for hydroxylation is 1. The van der Waals surface area contributed by atoms with E-state index in [4.69, 9.17) is 18.6 Å². The first-order valence-electron chi connectivity index (χ1n) is 8.63. The summed E-state index contributed by atoms with van der Waals surface area (Å²) < 4.78 is 22.4. The van der Waals surface area contributed by atoms with Crippen LogP contribution in [0.3, 0.4) is 0 Å². The van der Waals surface area contributed by atoms with Gasteiger partial charge in [-0.25, -0.2) is 0 Å². The van der Waals surface area contributed by atoms with Gasteiger partial charge in [-0.05, 0) is 63.2 Å². The fraction of sp³-hybridized carbons (Fsp3) is 0.227. The van der Waals surface area contributed by atoms with Gasteiger partial charge in [0.25, 0.3) is 0 Å². The highest BCUT2D eigenvalue weighted by atomic mass is 16.5. The molecule has 0 radical (unpaired) electrons. The molecule has 0 spiro atoms. The van der Waals surface area contributed by atoms with Gasteiger partial charge in [-0.2, -0.15) is 0 Å². The lowest BCUT2D eigenvalue weighted by Crippen LogP contribution is -2.07. The van der Waals surface area contributed by atoms with Gasteiger partial charge in [-0.1, -0.05) is 5.57 Å². The molecular weight excluding hydrogens is 344 g/mol.